The van der Waals surface area contributed by atoms with Crippen molar-refractivity contribution in [3.63, 3.8) is 0 Å². The second kappa shape index (κ2) is 3.33. The molecule has 2 aromatic rings. The Balaban J connectivity index is 2.85. The van der Waals surface area contributed by atoms with Crippen LogP contribution in [0, 0.1) is 0 Å². The Morgan fingerprint density at radius 2 is 2.23 bits per heavy atom. The summed E-state index contributed by atoms with van der Waals surface area (Å²) in [5.74, 6) is 0. The molecule has 1 heterocycles. The van der Waals surface area contributed by atoms with Crippen molar-refractivity contribution in [2.75, 3.05) is 0 Å². The number of thiol groups is 1. The Morgan fingerprint density at radius 1 is 1.46 bits per heavy atom. The fraction of sp³-hybridized carbons (Fsp3) is 0. The molecule has 2 rings (SSSR count). The molecule has 13 heavy (non-hydrogen) atoms. The number of fused-ring (bicyclic) bond motifs is 1. The predicted molar refractivity (Wildman–Crippen MR) is 59.5 cm³/mol. The van der Waals surface area contributed by atoms with Gasteiger partial charge in [-0.3, -0.25) is 4.79 Å². The van der Waals surface area contributed by atoms with E-state index in [4.69, 9.17) is 11.6 Å². The molecule has 0 spiro atoms. The number of aldehydes is 1. The summed E-state index contributed by atoms with van der Waals surface area (Å²) in [6.45, 7) is 0. The third kappa shape index (κ3) is 1.47. The van der Waals surface area contributed by atoms with Gasteiger partial charge in [-0.05, 0) is 17.5 Å². The van der Waals surface area contributed by atoms with Crippen molar-refractivity contribution in [1.29, 1.82) is 0 Å². The highest BCUT2D eigenvalue weighted by Gasteiger charge is 2.06. The maximum atomic E-state index is 10.6. The van der Waals surface area contributed by atoms with Crippen LogP contribution in [0.25, 0.3) is 10.1 Å². The number of hydrogen-bond donors (Lipinski definition) is 1. The highest BCUT2D eigenvalue weighted by molar-refractivity contribution is 7.80. The summed E-state index contributed by atoms with van der Waals surface area (Å²) in [6, 6.07) is 5.50. The number of thiophene rings is 1. The predicted octanol–water partition coefficient (Wildman–Crippen LogP) is 3.66. The Hall–Kier alpha value is -0.510. The molecule has 0 amide bonds. The van der Waals surface area contributed by atoms with E-state index in [1.54, 1.807) is 6.07 Å². The van der Waals surface area contributed by atoms with Crippen molar-refractivity contribution in [2.24, 2.45) is 0 Å². The van der Waals surface area contributed by atoms with Crippen LogP contribution < -0.4 is 0 Å². The molecule has 1 aromatic heterocycles. The molecule has 1 nitrogen and oxygen atoms in total. The summed E-state index contributed by atoms with van der Waals surface area (Å²) >= 11 is 11.6. The smallest absolute Gasteiger partial charge is 0.151 e. The van der Waals surface area contributed by atoms with E-state index >= 15 is 0 Å². The fourth-order valence-electron chi connectivity index (χ4n) is 1.17. The summed E-state index contributed by atoms with van der Waals surface area (Å²) in [6.07, 6.45) is 0.801. The van der Waals surface area contributed by atoms with E-state index in [9.17, 15) is 4.79 Å². The number of benzene rings is 1. The van der Waals surface area contributed by atoms with Crippen molar-refractivity contribution in [3.8, 4) is 0 Å². The van der Waals surface area contributed by atoms with Crippen LogP contribution in [0.5, 0.6) is 0 Å². The molecule has 66 valence electrons. The van der Waals surface area contributed by atoms with Gasteiger partial charge in [0.1, 0.15) is 0 Å². The Labute approximate surface area is 89.7 Å². The summed E-state index contributed by atoms with van der Waals surface area (Å²) < 4.78 is 1.69. The topological polar surface area (TPSA) is 17.1 Å². The molecule has 0 fully saturated rings. The molecule has 0 saturated carbocycles. The molecule has 4 heteroatoms. The first-order valence-electron chi connectivity index (χ1n) is 3.58. The first kappa shape index (κ1) is 9.06. The molecule has 0 bridgehead atoms. The van der Waals surface area contributed by atoms with Gasteiger partial charge in [0.05, 0.1) is 4.34 Å². The van der Waals surface area contributed by atoms with Crippen LogP contribution in [0.3, 0.4) is 0 Å². The quantitative estimate of drug-likeness (QED) is 0.582. The molecule has 0 N–H and O–H groups in total. The first-order chi connectivity index (χ1) is 6.22. The summed E-state index contributed by atoms with van der Waals surface area (Å²) in [4.78, 5) is 11.3. The van der Waals surface area contributed by atoms with Gasteiger partial charge in [0, 0.05) is 15.2 Å². The molecular formula is C9H5ClOS2. The largest absolute Gasteiger partial charge is 0.298 e. The van der Waals surface area contributed by atoms with Crippen LogP contribution >= 0.6 is 35.6 Å². The van der Waals surface area contributed by atoms with Crippen molar-refractivity contribution in [2.45, 2.75) is 4.90 Å². The maximum absolute atomic E-state index is 10.6. The van der Waals surface area contributed by atoms with Gasteiger partial charge in [0.25, 0.3) is 0 Å². The summed E-state index contributed by atoms with van der Waals surface area (Å²) in [7, 11) is 0. The maximum Gasteiger partial charge on any atom is 0.151 e. The van der Waals surface area contributed by atoms with Gasteiger partial charge >= 0.3 is 0 Å². The molecule has 0 unspecified atom stereocenters. The Morgan fingerprint density at radius 3 is 2.92 bits per heavy atom. The zero-order chi connectivity index (χ0) is 9.42. The van der Waals surface area contributed by atoms with Gasteiger partial charge in [-0.15, -0.1) is 24.0 Å². The molecular weight excluding hydrogens is 224 g/mol. The number of hydrogen-bond acceptors (Lipinski definition) is 3. The third-order valence-electron chi connectivity index (χ3n) is 1.79. The van der Waals surface area contributed by atoms with E-state index in [-0.39, 0.29) is 0 Å². The lowest BCUT2D eigenvalue weighted by Crippen LogP contribution is -1.80. The standard InChI is InChI=1S/C9H5ClOS2/c10-7-3-5-1-2-6(4-11)8(12)9(5)13-7/h1-4,12H. The number of carbonyl (C=O) groups excluding carboxylic acids is 1. The molecule has 1 aromatic carbocycles. The van der Waals surface area contributed by atoms with Gasteiger partial charge in [-0.1, -0.05) is 17.7 Å². The normalized spacial score (nSPS) is 10.6. The van der Waals surface area contributed by atoms with E-state index in [2.05, 4.69) is 12.6 Å². The molecule has 0 aliphatic heterocycles. The molecule has 0 aliphatic carbocycles. The summed E-state index contributed by atoms with van der Waals surface area (Å²) in [5.41, 5.74) is 0.606. The van der Waals surface area contributed by atoms with E-state index in [1.165, 1.54) is 11.3 Å². The zero-order valence-electron chi connectivity index (χ0n) is 6.45. The second-order valence-electron chi connectivity index (χ2n) is 2.59. The van der Waals surface area contributed by atoms with Crippen LogP contribution in [-0.4, -0.2) is 6.29 Å². The van der Waals surface area contributed by atoms with E-state index in [0.29, 0.717) is 14.8 Å². The lowest BCUT2D eigenvalue weighted by molar-refractivity contribution is 0.112. The van der Waals surface area contributed by atoms with Crippen molar-refractivity contribution < 1.29 is 4.79 Å². The minimum absolute atomic E-state index is 0.606. The van der Waals surface area contributed by atoms with Crippen LogP contribution in [0.2, 0.25) is 4.34 Å². The van der Waals surface area contributed by atoms with E-state index < -0.39 is 0 Å². The SMILES string of the molecule is O=Cc1ccc2cc(Cl)sc2c1S. The third-order valence-corrected chi connectivity index (χ3v) is 3.72. The van der Waals surface area contributed by atoms with Gasteiger partial charge in [-0.2, -0.15) is 0 Å². The van der Waals surface area contributed by atoms with Crippen LogP contribution in [-0.2, 0) is 0 Å². The van der Waals surface area contributed by atoms with Gasteiger partial charge < -0.3 is 0 Å². The first-order valence-corrected chi connectivity index (χ1v) is 5.22. The number of carbonyl (C=O) groups is 1. The van der Waals surface area contributed by atoms with Crippen LogP contribution in [0.4, 0.5) is 0 Å². The van der Waals surface area contributed by atoms with Crippen molar-refractivity contribution in [3.05, 3.63) is 28.1 Å². The zero-order valence-corrected chi connectivity index (χ0v) is 8.92. The van der Waals surface area contributed by atoms with Gasteiger partial charge in [-0.25, -0.2) is 0 Å². The number of halogens is 1. The highest BCUT2D eigenvalue weighted by Crippen LogP contribution is 2.34. The minimum atomic E-state index is 0.606. The Bertz CT molecular complexity index is 476. The van der Waals surface area contributed by atoms with Crippen molar-refractivity contribution in [1.82, 2.24) is 0 Å². The molecule has 0 atom stereocenters. The average molecular weight is 229 g/mol. The lowest BCUT2D eigenvalue weighted by atomic mass is 10.2. The van der Waals surface area contributed by atoms with E-state index in [0.717, 1.165) is 16.4 Å². The highest BCUT2D eigenvalue weighted by atomic mass is 35.5. The number of rotatable bonds is 1. The molecule has 0 aliphatic rings. The van der Waals surface area contributed by atoms with Gasteiger partial charge in [0.2, 0.25) is 0 Å². The monoisotopic (exact) mass is 228 g/mol. The molecule has 0 radical (unpaired) electrons. The lowest BCUT2D eigenvalue weighted by Gasteiger charge is -1.97. The Kier molecular flexibility index (Phi) is 2.32. The second-order valence-corrected chi connectivity index (χ2v) is 4.72. The van der Waals surface area contributed by atoms with Gasteiger partial charge in [0.15, 0.2) is 6.29 Å². The van der Waals surface area contributed by atoms with E-state index in [1.807, 2.05) is 12.1 Å². The summed E-state index contributed by atoms with van der Waals surface area (Å²) in [5, 5.41) is 1.03. The fourth-order valence-corrected chi connectivity index (χ4v) is 2.75. The van der Waals surface area contributed by atoms with Crippen molar-refractivity contribution >= 4 is 51.9 Å². The molecule has 0 saturated heterocycles. The average Bonchev–Trinajstić information content (AvgIpc) is 2.47. The minimum Gasteiger partial charge on any atom is -0.298 e. The van der Waals surface area contributed by atoms with Crippen LogP contribution in [0.15, 0.2) is 23.1 Å². The van der Waals surface area contributed by atoms with Crippen LogP contribution in [0.1, 0.15) is 10.4 Å².